The van der Waals surface area contributed by atoms with Crippen molar-refractivity contribution >= 4 is 12.4 Å². The van der Waals surface area contributed by atoms with Crippen molar-refractivity contribution in [1.29, 1.82) is 0 Å². The molecule has 2 rings (SSSR count). The minimum Gasteiger partial charge on any atom is -0.489 e. The summed E-state index contributed by atoms with van der Waals surface area (Å²) in [5.41, 5.74) is 0. The largest absolute Gasteiger partial charge is 0.489 e. The molecule has 0 atom stereocenters. The Balaban J connectivity index is 0.00000200. The number of piperidine rings is 1. The summed E-state index contributed by atoms with van der Waals surface area (Å²) in [6.07, 6.45) is 2.50. The van der Waals surface area contributed by atoms with Crippen LogP contribution in [0.25, 0.3) is 0 Å². The number of benzene rings is 1. The van der Waals surface area contributed by atoms with E-state index in [1.165, 1.54) is 18.9 Å². The van der Waals surface area contributed by atoms with Gasteiger partial charge in [0.2, 0.25) is 0 Å². The van der Waals surface area contributed by atoms with Gasteiger partial charge in [-0.1, -0.05) is 12.1 Å². The number of hydrogen-bond acceptors (Lipinski definition) is 3. The number of nitrogens with zero attached hydrogens (tertiary/aromatic N) is 1. The first-order valence-corrected chi connectivity index (χ1v) is 7.02. The van der Waals surface area contributed by atoms with E-state index in [9.17, 15) is 4.39 Å². The van der Waals surface area contributed by atoms with Crippen LogP contribution in [0.15, 0.2) is 24.3 Å². The van der Waals surface area contributed by atoms with Crippen molar-refractivity contribution in [2.75, 3.05) is 39.8 Å². The van der Waals surface area contributed by atoms with Gasteiger partial charge in [0.1, 0.15) is 6.61 Å². The van der Waals surface area contributed by atoms with Crippen LogP contribution < -0.4 is 10.1 Å². The Kier molecular flexibility index (Phi) is 7.88. The molecule has 0 spiro atoms. The van der Waals surface area contributed by atoms with Crippen LogP contribution in [0.1, 0.15) is 12.8 Å². The van der Waals surface area contributed by atoms with Gasteiger partial charge in [0.25, 0.3) is 0 Å². The van der Waals surface area contributed by atoms with Gasteiger partial charge in [-0.05, 0) is 51.0 Å². The van der Waals surface area contributed by atoms with Gasteiger partial charge < -0.3 is 15.0 Å². The minimum atomic E-state index is -0.288. The quantitative estimate of drug-likeness (QED) is 0.874. The lowest BCUT2D eigenvalue weighted by atomic mass is 9.98. The van der Waals surface area contributed by atoms with E-state index in [1.807, 2.05) is 0 Å². The van der Waals surface area contributed by atoms with Crippen LogP contribution in [0.5, 0.6) is 5.75 Å². The van der Waals surface area contributed by atoms with Crippen molar-refractivity contribution in [2.45, 2.75) is 12.8 Å². The number of nitrogens with one attached hydrogen (secondary N) is 1. The maximum absolute atomic E-state index is 13.3. The normalized spacial score (nSPS) is 15.9. The fraction of sp³-hybridized carbons (Fsp3) is 0.600. The molecule has 1 aliphatic heterocycles. The van der Waals surface area contributed by atoms with Crippen LogP contribution in [-0.4, -0.2) is 44.7 Å². The molecule has 1 N–H and O–H groups in total. The van der Waals surface area contributed by atoms with E-state index in [4.69, 9.17) is 4.74 Å². The number of likely N-dealkylation sites (N-methyl/N-ethyl adjacent to an activating group) is 1. The Morgan fingerprint density at radius 2 is 2.00 bits per heavy atom. The van der Waals surface area contributed by atoms with Gasteiger partial charge in [0.15, 0.2) is 11.6 Å². The smallest absolute Gasteiger partial charge is 0.165 e. The molecule has 5 heteroatoms. The fourth-order valence-electron chi connectivity index (χ4n) is 2.47. The molecule has 1 heterocycles. The number of rotatable bonds is 6. The van der Waals surface area contributed by atoms with Crippen LogP contribution in [0.2, 0.25) is 0 Å². The maximum atomic E-state index is 13.3. The number of para-hydroxylation sites is 1. The highest BCUT2D eigenvalue weighted by Crippen LogP contribution is 2.15. The van der Waals surface area contributed by atoms with Crippen LogP contribution >= 0.6 is 12.4 Å². The van der Waals surface area contributed by atoms with E-state index >= 15 is 0 Å². The number of halogens is 2. The molecular weight excluding hydrogens is 279 g/mol. The van der Waals surface area contributed by atoms with E-state index in [1.54, 1.807) is 18.2 Å². The van der Waals surface area contributed by atoms with Crippen molar-refractivity contribution in [2.24, 2.45) is 5.92 Å². The SMILES string of the molecule is CN(CCOc1ccccc1F)CC1CCNCC1.Cl. The Morgan fingerprint density at radius 3 is 2.70 bits per heavy atom. The first-order chi connectivity index (χ1) is 9.25. The van der Waals surface area contributed by atoms with Gasteiger partial charge in [-0.25, -0.2) is 4.39 Å². The van der Waals surface area contributed by atoms with Crippen LogP contribution in [-0.2, 0) is 0 Å². The second-order valence-corrected chi connectivity index (χ2v) is 5.23. The van der Waals surface area contributed by atoms with E-state index in [0.717, 1.165) is 32.1 Å². The third-order valence-electron chi connectivity index (χ3n) is 3.60. The highest BCUT2D eigenvalue weighted by Gasteiger charge is 2.14. The molecule has 0 bridgehead atoms. The summed E-state index contributed by atoms with van der Waals surface area (Å²) in [4.78, 5) is 2.27. The molecule has 3 nitrogen and oxygen atoms in total. The zero-order chi connectivity index (χ0) is 13.5. The Bertz CT molecular complexity index is 386. The van der Waals surface area contributed by atoms with Gasteiger partial charge in [0.05, 0.1) is 0 Å². The average Bonchev–Trinajstić information content (AvgIpc) is 2.42. The summed E-state index contributed by atoms with van der Waals surface area (Å²) in [5.74, 6) is 0.834. The molecule has 1 aromatic rings. The summed E-state index contributed by atoms with van der Waals surface area (Å²) >= 11 is 0. The molecule has 0 aromatic heterocycles. The van der Waals surface area contributed by atoms with Crippen LogP contribution in [0.4, 0.5) is 4.39 Å². The first kappa shape index (κ1) is 17.2. The predicted molar refractivity (Wildman–Crippen MR) is 82.2 cm³/mol. The van der Waals surface area contributed by atoms with Crippen LogP contribution in [0, 0.1) is 11.7 Å². The highest BCUT2D eigenvalue weighted by atomic mass is 35.5. The molecule has 0 amide bonds. The van der Waals surface area contributed by atoms with Crippen molar-refractivity contribution in [3.05, 3.63) is 30.1 Å². The maximum Gasteiger partial charge on any atom is 0.165 e. The fourth-order valence-corrected chi connectivity index (χ4v) is 2.47. The van der Waals surface area contributed by atoms with E-state index in [0.29, 0.717) is 12.4 Å². The van der Waals surface area contributed by atoms with E-state index in [-0.39, 0.29) is 18.2 Å². The number of hydrogen-bond donors (Lipinski definition) is 1. The lowest BCUT2D eigenvalue weighted by Crippen LogP contribution is -2.36. The number of ether oxygens (including phenoxy) is 1. The first-order valence-electron chi connectivity index (χ1n) is 7.02. The van der Waals surface area contributed by atoms with Gasteiger partial charge in [0, 0.05) is 13.1 Å². The molecule has 0 unspecified atom stereocenters. The third-order valence-corrected chi connectivity index (χ3v) is 3.60. The average molecular weight is 303 g/mol. The Hall–Kier alpha value is -0.840. The minimum absolute atomic E-state index is 0. The molecule has 1 saturated heterocycles. The molecule has 1 aliphatic rings. The lowest BCUT2D eigenvalue weighted by molar-refractivity contribution is 0.196. The van der Waals surface area contributed by atoms with Gasteiger partial charge in [-0.2, -0.15) is 0 Å². The monoisotopic (exact) mass is 302 g/mol. The second-order valence-electron chi connectivity index (χ2n) is 5.23. The van der Waals surface area contributed by atoms with Crippen molar-refractivity contribution in [1.82, 2.24) is 10.2 Å². The summed E-state index contributed by atoms with van der Waals surface area (Å²) in [6.45, 7) is 4.72. The summed E-state index contributed by atoms with van der Waals surface area (Å²) in [6, 6.07) is 6.55. The topological polar surface area (TPSA) is 24.5 Å². The summed E-state index contributed by atoms with van der Waals surface area (Å²) < 4.78 is 18.8. The second kappa shape index (κ2) is 9.16. The zero-order valence-electron chi connectivity index (χ0n) is 12.0. The summed E-state index contributed by atoms with van der Waals surface area (Å²) in [7, 11) is 2.10. The molecule has 0 aliphatic carbocycles. The summed E-state index contributed by atoms with van der Waals surface area (Å²) in [5, 5.41) is 3.37. The standard InChI is InChI=1S/C15H23FN2O.ClH/c1-18(12-13-6-8-17-9-7-13)10-11-19-15-5-3-2-4-14(15)16;/h2-5,13,17H,6-12H2,1H3;1H. The molecule has 1 fully saturated rings. The molecule has 20 heavy (non-hydrogen) atoms. The molecule has 1 aromatic carbocycles. The lowest BCUT2D eigenvalue weighted by Gasteiger charge is -2.27. The molecule has 114 valence electrons. The van der Waals surface area contributed by atoms with Crippen LogP contribution in [0.3, 0.4) is 0 Å². The van der Waals surface area contributed by atoms with Gasteiger partial charge in [-0.3, -0.25) is 0 Å². The van der Waals surface area contributed by atoms with Crippen molar-refractivity contribution < 1.29 is 9.13 Å². The third kappa shape index (κ3) is 5.65. The van der Waals surface area contributed by atoms with Gasteiger partial charge >= 0.3 is 0 Å². The zero-order valence-corrected chi connectivity index (χ0v) is 12.8. The van der Waals surface area contributed by atoms with Crippen molar-refractivity contribution in [3.8, 4) is 5.75 Å². The van der Waals surface area contributed by atoms with Gasteiger partial charge in [-0.15, -0.1) is 12.4 Å². The Morgan fingerprint density at radius 1 is 1.30 bits per heavy atom. The van der Waals surface area contributed by atoms with E-state index < -0.39 is 0 Å². The highest BCUT2D eigenvalue weighted by molar-refractivity contribution is 5.85. The molecule has 0 saturated carbocycles. The van der Waals surface area contributed by atoms with E-state index in [2.05, 4.69) is 17.3 Å². The Labute approximate surface area is 126 Å². The predicted octanol–water partition coefficient (Wildman–Crippen LogP) is 2.56. The molecule has 0 radical (unpaired) electrons. The molecular formula is C15H24ClFN2O. The van der Waals surface area contributed by atoms with Crippen molar-refractivity contribution in [3.63, 3.8) is 0 Å².